The van der Waals surface area contributed by atoms with E-state index in [1.807, 2.05) is 13.0 Å². The summed E-state index contributed by atoms with van der Waals surface area (Å²) >= 11 is 3.60. The predicted octanol–water partition coefficient (Wildman–Crippen LogP) is 4.52. The normalized spacial score (nSPS) is 11.7. The van der Waals surface area contributed by atoms with Gasteiger partial charge in [-0.05, 0) is 49.0 Å². The lowest BCUT2D eigenvalue weighted by molar-refractivity contribution is -0.115. The number of methoxy groups -OCH3 is 1. The van der Waals surface area contributed by atoms with Gasteiger partial charge >= 0.3 is 0 Å². The molecule has 10 nitrogen and oxygen atoms in total. The van der Waals surface area contributed by atoms with Crippen LogP contribution in [-0.2, 0) is 16.1 Å². The molecule has 0 saturated heterocycles. The minimum Gasteiger partial charge on any atom is -0.755 e. The van der Waals surface area contributed by atoms with Gasteiger partial charge < -0.3 is 25.2 Å². The molecule has 3 N–H and O–H groups in total. The standard InChI is InChI=1S/C25H25ClN6O4S/c1-3-27-15-23(33)28-16-7-6-8-17(13-16)32(37(34)35)25-24(29-20-9-4-5-10-21(20)31-25)30-22-14-18(36-2)11-12-19(22)26/h4-14,27H,3,15H2,1-2H3,(H,28,33)(H,29,30)(H,34,35)/p-1. The smallest absolute Gasteiger partial charge is 0.238 e. The molecule has 1 unspecified atom stereocenters. The average Bonchev–Trinajstić information content (AvgIpc) is 2.89. The fourth-order valence-corrected chi connectivity index (χ4v) is 4.22. The van der Waals surface area contributed by atoms with Gasteiger partial charge in [-0.15, -0.1) is 0 Å². The molecular formula is C25H24ClN6O4S-. The van der Waals surface area contributed by atoms with Crippen molar-refractivity contribution in [3.8, 4) is 5.75 Å². The number of rotatable bonds is 10. The number of hydrogen-bond acceptors (Lipinski definition) is 8. The topological polar surface area (TPSA) is 132 Å². The number of amides is 1. The number of nitrogens with zero attached hydrogens (tertiary/aromatic N) is 3. The Labute approximate surface area is 221 Å². The fourth-order valence-electron chi connectivity index (χ4n) is 3.50. The third kappa shape index (κ3) is 6.33. The van der Waals surface area contributed by atoms with Crippen LogP contribution in [0.4, 0.5) is 28.7 Å². The van der Waals surface area contributed by atoms with Gasteiger partial charge in [0.05, 0.1) is 52.4 Å². The van der Waals surface area contributed by atoms with Crippen molar-refractivity contribution in [2.45, 2.75) is 6.92 Å². The molecule has 0 aliphatic heterocycles. The SMILES string of the molecule is CCNCC(=O)Nc1cccc(N(c2nc3ccccc3nc2Nc2cc(OC)ccc2Cl)S(=O)[O-])c1. The zero-order valence-electron chi connectivity index (χ0n) is 20.0. The van der Waals surface area contributed by atoms with Crippen LogP contribution in [0.25, 0.3) is 11.0 Å². The minimum absolute atomic E-state index is 0.0158. The second kappa shape index (κ2) is 12.0. The van der Waals surface area contributed by atoms with Crippen molar-refractivity contribution >= 4 is 68.5 Å². The zero-order chi connectivity index (χ0) is 26.4. The second-order valence-corrected chi connectivity index (χ2v) is 8.95. The highest BCUT2D eigenvalue weighted by Gasteiger charge is 2.21. The molecule has 1 heterocycles. The Morgan fingerprint density at radius 2 is 1.84 bits per heavy atom. The summed E-state index contributed by atoms with van der Waals surface area (Å²) in [5.74, 6) is 0.462. The van der Waals surface area contributed by atoms with Crippen molar-refractivity contribution < 1.29 is 18.3 Å². The lowest BCUT2D eigenvalue weighted by Gasteiger charge is -2.27. The molecule has 0 fully saturated rings. The lowest BCUT2D eigenvalue weighted by Crippen LogP contribution is -2.28. The van der Waals surface area contributed by atoms with Crippen molar-refractivity contribution in [3.63, 3.8) is 0 Å². The maximum atomic E-state index is 12.6. The van der Waals surface area contributed by atoms with Crippen LogP contribution in [0, 0.1) is 0 Å². The zero-order valence-corrected chi connectivity index (χ0v) is 21.6. The highest BCUT2D eigenvalue weighted by molar-refractivity contribution is 7.81. The quantitative estimate of drug-likeness (QED) is 0.251. The Morgan fingerprint density at radius 1 is 1.08 bits per heavy atom. The molecule has 1 amide bonds. The lowest BCUT2D eigenvalue weighted by atomic mass is 10.2. The van der Waals surface area contributed by atoms with E-state index in [9.17, 15) is 13.6 Å². The van der Waals surface area contributed by atoms with E-state index in [-0.39, 0.29) is 29.8 Å². The number of carbonyl (C=O) groups is 1. The maximum absolute atomic E-state index is 12.6. The number of fused-ring (bicyclic) bond motifs is 1. The molecule has 37 heavy (non-hydrogen) atoms. The molecule has 12 heteroatoms. The molecule has 0 spiro atoms. The highest BCUT2D eigenvalue weighted by Crippen LogP contribution is 2.37. The molecule has 0 aliphatic carbocycles. The third-order valence-corrected chi connectivity index (χ3v) is 6.23. The summed E-state index contributed by atoms with van der Waals surface area (Å²) in [5, 5.41) is 9.18. The molecule has 1 atom stereocenters. The van der Waals surface area contributed by atoms with E-state index in [1.54, 1.807) is 60.7 Å². The van der Waals surface area contributed by atoms with Crippen molar-refractivity contribution in [1.29, 1.82) is 0 Å². The van der Waals surface area contributed by atoms with E-state index < -0.39 is 11.3 Å². The van der Waals surface area contributed by atoms with Gasteiger partial charge in [0.1, 0.15) is 5.75 Å². The largest absolute Gasteiger partial charge is 0.755 e. The Balaban J connectivity index is 1.80. The summed E-state index contributed by atoms with van der Waals surface area (Å²) in [6.07, 6.45) is 0. The van der Waals surface area contributed by atoms with E-state index >= 15 is 0 Å². The van der Waals surface area contributed by atoms with Crippen molar-refractivity contribution in [1.82, 2.24) is 15.3 Å². The van der Waals surface area contributed by atoms with Gasteiger partial charge in [-0.2, -0.15) is 0 Å². The molecular weight excluding hydrogens is 516 g/mol. The summed E-state index contributed by atoms with van der Waals surface area (Å²) in [4.78, 5) is 21.4. The van der Waals surface area contributed by atoms with Gasteiger partial charge in [0, 0.05) is 11.8 Å². The average molecular weight is 540 g/mol. The number of likely N-dealkylation sites (N-methyl/N-ethyl adjacent to an activating group) is 1. The van der Waals surface area contributed by atoms with Crippen LogP contribution in [0.2, 0.25) is 5.02 Å². The molecule has 0 radical (unpaired) electrons. The van der Waals surface area contributed by atoms with Crippen LogP contribution in [0.15, 0.2) is 66.7 Å². The van der Waals surface area contributed by atoms with Gasteiger partial charge in [0.15, 0.2) is 11.6 Å². The Morgan fingerprint density at radius 3 is 2.54 bits per heavy atom. The van der Waals surface area contributed by atoms with Gasteiger partial charge in [0.2, 0.25) is 5.91 Å². The molecule has 0 bridgehead atoms. The van der Waals surface area contributed by atoms with E-state index in [1.165, 1.54) is 7.11 Å². The first-order valence-corrected chi connectivity index (χ1v) is 12.7. The van der Waals surface area contributed by atoms with Gasteiger partial charge in [-0.1, -0.05) is 36.7 Å². The van der Waals surface area contributed by atoms with Crippen LogP contribution < -0.4 is 25.0 Å². The first kappa shape index (κ1) is 26.3. The first-order valence-electron chi connectivity index (χ1n) is 11.3. The van der Waals surface area contributed by atoms with E-state index in [4.69, 9.17) is 16.3 Å². The van der Waals surface area contributed by atoms with Crippen LogP contribution in [-0.4, -0.2) is 44.8 Å². The van der Waals surface area contributed by atoms with Gasteiger partial charge in [-0.25, -0.2) is 9.97 Å². The number of ether oxygens (including phenoxy) is 1. The fraction of sp³-hybridized carbons (Fsp3) is 0.160. The number of anilines is 5. The summed E-state index contributed by atoms with van der Waals surface area (Å²) in [7, 11) is 1.53. The number of para-hydroxylation sites is 2. The molecule has 192 valence electrons. The molecule has 4 rings (SSSR count). The number of aromatic nitrogens is 2. The maximum Gasteiger partial charge on any atom is 0.238 e. The summed E-state index contributed by atoms with van der Waals surface area (Å²) in [5.41, 5.74) is 2.17. The van der Waals surface area contributed by atoms with Gasteiger partial charge in [-0.3, -0.25) is 13.3 Å². The molecule has 0 aliphatic rings. The second-order valence-electron chi connectivity index (χ2n) is 7.75. The number of nitrogens with one attached hydrogen (secondary N) is 3. The molecule has 1 aromatic heterocycles. The Bertz CT molecular complexity index is 1450. The van der Waals surface area contributed by atoms with Crippen molar-refractivity contribution in [2.24, 2.45) is 0 Å². The highest BCUT2D eigenvalue weighted by atomic mass is 35.5. The minimum atomic E-state index is -2.80. The van der Waals surface area contributed by atoms with Crippen LogP contribution in [0.1, 0.15) is 6.92 Å². The molecule has 3 aromatic carbocycles. The predicted molar refractivity (Wildman–Crippen MR) is 145 cm³/mol. The Kier molecular flexibility index (Phi) is 8.51. The van der Waals surface area contributed by atoms with E-state index in [0.29, 0.717) is 39.7 Å². The van der Waals surface area contributed by atoms with Gasteiger partial charge in [0.25, 0.3) is 0 Å². The number of benzene rings is 3. The van der Waals surface area contributed by atoms with Crippen LogP contribution >= 0.6 is 11.6 Å². The molecule has 0 saturated carbocycles. The summed E-state index contributed by atoms with van der Waals surface area (Å²) in [6, 6.07) is 18.6. The number of carbonyl (C=O) groups excluding carboxylic acids is 1. The monoisotopic (exact) mass is 539 g/mol. The summed E-state index contributed by atoms with van der Waals surface area (Å²) in [6.45, 7) is 2.66. The van der Waals surface area contributed by atoms with E-state index in [0.717, 1.165) is 4.31 Å². The number of halogens is 1. The Hall–Kier alpha value is -3.77. The molecule has 4 aromatic rings. The third-order valence-electron chi connectivity index (χ3n) is 5.22. The van der Waals surface area contributed by atoms with Crippen LogP contribution in [0.5, 0.6) is 5.75 Å². The first-order chi connectivity index (χ1) is 17.9. The summed E-state index contributed by atoms with van der Waals surface area (Å²) < 4.78 is 31.4. The van der Waals surface area contributed by atoms with Crippen molar-refractivity contribution in [2.75, 3.05) is 35.1 Å². The number of hydrogen-bond donors (Lipinski definition) is 3. The van der Waals surface area contributed by atoms with Crippen LogP contribution in [0.3, 0.4) is 0 Å². The van der Waals surface area contributed by atoms with E-state index in [2.05, 4.69) is 25.9 Å². The van der Waals surface area contributed by atoms with Crippen molar-refractivity contribution in [3.05, 3.63) is 71.8 Å².